The number of nitrogens with one attached hydrogen (secondary N) is 1. The predicted molar refractivity (Wildman–Crippen MR) is 103 cm³/mol. The summed E-state index contributed by atoms with van der Waals surface area (Å²) >= 11 is 0. The van der Waals surface area contributed by atoms with Crippen LogP contribution >= 0.6 is 0 Å². The molecule has 0 aromatic carbocycles. The van der Waals surface area contributed by atoms with Gasteiger partial charge in [-0.2, -0.15) is 5.10 Å². The first-order chi connectivity index (χ1) is 14.4. The molecule has 0 radical (unpaired) electrons. The normalized spacial score (nSPS) is 21.3. The average Bonchev–Trinajstić information content (AvgIpc) is 3.29. The molecule has 0 saturated carbocycles. The number of fused-ring (bicyclic) bond motifs is 1. The Morgan fingerprint density at radius 3 is 2.87 bits per heavy atom. The minimum atomic E-state index is -2.72. The predicted octanol–water partition coefficient (Wildman–Crippen LogP) is 2.40. The van der Waals surface area contributed by atoms with Crippen LogP contribution in [-0.2, 0) is 22.6 Å². The van der Waals surface area contributed by atoms with E-state index in [1.165, 1.54) is 12.3 Å². The average molecular weight is 420 g/mol. The minimum absolute atomic E-state index is 0.0522. The third kappa shape index (κ3) is 3.72. The van der Waals surface area contributed by atoms with Gasteiger partial charge in [0, 0.05) is 19.0 Å². The Bertz CT molecular complexity index is 965. The maximum atomic E-state index is 12.9. The standard InChI is InChI=1S/C19H22F2N6O3/c1-11-8-27-16(15(7-23-27)26-9-13(30-2)6-17(26)28)10-25(11)19(29)24-12-3-4-22-14(5-12)18(20)21/h3-5,7,11,13,18H,6,8-10H2,1-2H3,(H,22,24,29)/t11?,13-/m0/s1. The fraction of sp³-hybridized carbons (Fsp3) is 0.474. The van der Waals surface area contributed by atoms with E-state index < -0.39 is 18.2 Å². The summed E-state index contributed by atoms with van der Waals surface area (Å²) in [5.41, 5.74) is 1.25. The number of ether oxygens (including phenoxy) is 1. The molecule has 0 bridgehead atoms. The number of amides is 3. The van der Waals surface area contributed by atoms with Gasteiger partial charge in [-0.15, -0.1) is 0 Å². The first-order valence-corrected chi connectivity index (χ1v) is 9.57. The van der Waals surface area contributed by atoms with Crippen molar-refractivity contribution < 1.29 is 23.1 Å². The fourth-order valence-corrected chi connectivity index (χ4v) is 3.79. The molecule has 160 valence electrons. The molecule has 1 fully saturated rings. The van der Waals surface area contributed by atoms with Gasteiger partial charge in [0.15, 0.2) is 0 Å². The van der Waals surface area contributed by atoms with Gasteiger partial charge in [-0.25, -0.2) is 13.6 Å². The first kappa shape index (κ1) is 20.2. The number of pyridine rings is 1. The van der Waals surface area contributed by atoms with Crippen molar-refractivity contribution in [3.8, 4) is 0 Å². The van der Waals surface area contributed by atoms with Crippen LogP contribution in [0.15, 0.2) is 24.5 Å². The summed E-state index contributed by atoms with van der Waals surface area (Å²) in [6.07, 6.45) is 0.273. The van der Waals surface area contributed by atoms with Crippen molar-refractivity contribution in [2.45, 2.75) is 45.0 Å². The highest BCUT2D eigenvalue weighted by Crippen LogP contribution is 2.31. The van der Waals surface area contributed by atoms with E-state index in [0.29, 0.717) is 25.2 Å². The van der Waals surface area contributed by atoms with Crippen LogP contribution in [0.3, 0.4) is 0 Å². The summed E-state index contributed by atoms with van der Waals surface area (Å²) in [7, 11) is 1.57. The zero-order chi connectivity index (χ0) is 21.4. The maximum absolute atomic E-state index is 12.9. The number of methoxy groups -OCH3 is 1. The molecule has 2 aliphatic rings. The van der Waals surface area contributed by atoms with Crippen molar-refractivity contribution in [1.82, 2.24) is 19.7 Å². The molecule has 2 aliphatic heterocycles. The Labute approximate surface area is 171 Å². The number of hydrogen-bond donors (Lipinski definition) is 1. The number of carbonyl (C=O) groups is 2. The van der Waals surface area contributed by atoms with Gasteiger partial charge in [0.25, 0.3) is 6.43 Å². The summed E-state index contributed by atoms with van der Waals surface area (Å²) in [6.45, 7) is 3.00. The van der Waals surface area contributed by atoms with Crippen molar-refractivity contribution in [3.63, 3.8) is 0 Å². The highest BCUT2D eigenvalue weighted by atomic mass is 19.3. The molecule has 2 aromatic rings. The van der Waals surface area contributed by atoms with E-state index >= 15 is 0 Å². The monoisotopic (exact) mass is 420 g/mol. The number of rotatable bonds is 4. The third-order valence-corrected chi connectivity index (χ3v) is 5.45. The molecule has 2 aromatic heterocycles. The van der Waals surface area contributed by atoms with Crippen LogP contribution in [0, 0.1) is 0 Å². The van der Waals surface area contributed by atoms with Crippen LogP contribution in [0.1, 0.15) is 31.2 Å². The van der Waals surface area contributed by atoms with Crippen LogP contribution in [-0.4, -0.2) is 57.4 Å². The molecule has 2 atom stereocenters. The molecule has 0 spiro atoms. The van der Waals surface area contributed by atoms with Crippen LogP contribution < -0.4 is 10.2 Å². The van der Waals surface area contributed by atoms with E-state index in [2.05, 4.69) is 15.4 Å². The molecule has 11 heteroatoms. The van der Waals surface area contributed by atoms with Crippen molar-refractivity contribution in [2.75, 3.05) is 23.9 Å². The summed E-state index contributed by atoms with van der Waals surface area (Å²) in [5.74, 6) is -0.0522. The molecule has 1 saturated heterocycles. The Morgan fingerprint density at radius 1 is 1.37 bits per heavy atom. The fourth-order valence-electron chi connectivity index (χ4n) is 3.79. The summed E-state index contributed by atoms with van der Waals surface area (Å²) in [5, 5.41) is 7.04. The van der Waals surface area contributed by atoms with Gasteiger partial charge in [0.2, 0.25) is 5.91 Å². The molecule has 9 nitrogen and oxygen atoms in total. The lowest BCUT2D eigenvalue weighted by Gasteiger charge is -2.35. The Kier molecular flexibility index (Phi) is 5.37. The zero-order valence-corrected chi connectivity index (χ0v) is 16.6. The molecule has 3 amide bonds. The largest absolute Gasteiger partial charge is 0.379 e. The molecular weight excluding hydrogens is 398 g/mol. The number of urea groups is 1. The SMILES string of the molecule is CO[C@H]1CC(=O)N(c2cnn3c2CN(C(=O)Nc2ccnc(C(F)F)c2)C(C)C3)C1. The van der Waals surface area contributed by atoms with Crippen LogP contribution in [0.5, 0.6) is 0 Å². The second-order valence-corrected chi connectivity index (χ2v) is 7.40. The van der Waals surface area contributed by atoms with Crippen LogP contribution in [0.4, 0.5) is 25.0 Å². The Hall–Kier alpha value is -3.08. The van der Waals surface area contributed by atoms with Gasteiger partial charge in [0.1, 0.15) is 5.69 Å². The van der Waals surface area contributed by atoms with Gasteiger partial charge >= 0.3 is 6.03 Å². The van der Waals surface area contributed by atoms with Gasteiger partial charge in [-0.3, -0.25) is 14.5 Å². The lowest BCUT2D eigenvalue weighted by molar-refractivity contribution is -0.117. The van der Waals surface area contributed by atoms with Crippen LogP contribution in [0.2, 0.25) is 0 Å². The highest BCUT2D eigenvalue weighted by molar-refractivity contribution is 5.96. The molecule has 30 heavy (non-hydrogen) atoms. The van der Waals surface area contributed by atoms with Gasteiger partial charge < -0.3 is 19.9 Å². The minimum Gasteiger partial charge on any atom is -0.379 e. The number of halogens is 2. The zero-order valence-electron chi connectivity index (χ0n) is 16.6. The molecule has 0 aliphatic carbocycles. The maximum Gasteiger partial charge on any atom is 0.322 e. The van der Waals surface area contributed by atoms with E-state index in [4.69, 9.17) is 4.74 Å². The Morgan fingerprint density at radius 2 is 2.17 bits per heavy atom. The number of hydrogen-bond acceptors (Lipinski definition) is 5. The topological polar surface area (TPSA) is 92.6 Å². The second-order valence-electron chi connectivity index (χ2n) is 7.40. The van der Waals surface area contributed by atoms with E-state index in [1.54, 1.807) is 27.8 Å². The molecule has 1 N–H and O–H groups in total. The summed E-state index contributed by atoms with van der Waals surface area (Å²) in [4.78, 5) is 32.1. The third-order valence-electron chi connectivity index (χ3n) is 5.45. The number of alkyl halides is 2. The van der Waals surface area contributed by atoms with E-state index in [0.717, 1.165) is 11.8 Å². The Balaban J connectivity index is 1.53. The number of carbonyl (C=O) groups excluding carboxylic acids is 2. The van der Waals surface area contributed by atoms with E-state index in [9.17, 15) is 18.4 Å². The van der Waals surface area contributed by atoms with E-state index in [1.807, 2.05) is 6.92 Å². The van der Waals surface area contributed by atoms with Crippen molar-refractivity contribution in [1.29, 1.82) is 0 Å². The molecule has 4 rings (SSSR count). The van der Waals surface area contributed by atoms with Gasteiger partial charge in [-0.1, -0.05) is 0 Å². The molecule has 4 heterocycles. The summed E-state index contributed by atoms with van der Waals surface area (Å²) < 4.78 is 32.8. The summed E-state index contributed by atoms with van der Waals surface area (Å²) in [6, 6.07) is 2.01. The van der Waals surface area contributed by atoms with Crippen molar-refractivity contribution >= 4 is 23.3 Å². The number of nitrogens with zero attached hydrogens (tertiary/aromatic N) is 5. The quantitative estimate of drug-likeness (QED) is 0.820. The molecule has 1 unspecified atom stereocenters. The van der Waals surface area contributed by atoms with Crippen molar-refractivity contribution in [2.24, 2.45) is 0 Å². The lowest BCUT2D eigenvalue weighted by Crippen LogP contribution is -2.47. The van der Waals surface area contributed by atoms with Crippen LogP contribution in [0.25, 0.3) is 0 Å². The first-order valence-electron chi connectivity index (χ1n) is 9.57. The highest BCUT2D eigenvalue weighted by Gasteiger charge is 2.36. The molecular formula is C19H22F2N6O3. The number of anilines is 2. The lowest BCUT2D eigenvalue weighted by atomic mass is 10.2. The smallest absolute Gasteiger partial charge is 0.322 e. The van der Waals surface area contributed by atoms with Crippen molar-refractivity contribution in [3.05, 3.63) is 35.9 Å². The number of aromatic nitrogens is 3. The van der Waals surface area contributed by atoms with E-state index in [-0.39, 0.29) is 30.3 Å². The van der Waals surface area contributed by atoms with Gasteiger partial charge in [-0.05, 0) is 19.1 Å². The van der Waals surface area contributed by atoms with Gasteiger partial charge in [0.05, 0.1) is 55.8 Å². The second kappa shape index (κ2) is 7.98.